The number of methoxy groups -OCH3 is 3. The van der Waals surface area contributed by atoms with E-state index in [1.807, 2.05) is 50.4 Å². The van der Waals surface area contributed by atoms with Crippen LogP contribution in [0.25, 0.3) is 44.3 Å². The van der Waals surface area contributed by atoms with E-state index in [1.54, 1.807) is 33.5 Å². The lowest BCUT2D eigenvalue weighted by atomic mass is 9.94. The van der Waals surface area contributed by atoms with Gasteiger partial charge in [-0.1, -0.05) is 30.3 Å². The number of hydrogen-bond donors (Lipinski definition) is 2. The van der Waals surface area contributed by atoms with Crippen molar-refractivity contribution in [3.8, 4) is 50.8 Å². The van der Waals surface area contributed by atoms with E-state index >= 15 is 0 Å². The molecule has 0 bridgehead atoms. The minimum Gasteiger partial charge on any atom is -1.00 e. The van der Waals surface area contributed by atoms with Gasteiger partial charge in [-0.15, -0.1) is 0 Å². The summed E-state index contributed by atoms with van der Waals surface area (Å²) in [5, 5.41) is 21.8. The van der Waals surface area contributed by atoms with Crippen LogP contribution in [0.15, 0.2) is 72.8 Å². The largest absolute Gasteiger partial charge is 1.00 e. The number of rotatable bonds is 8. The van der Waals surface area contributed by atoms with Gasteiger partial charge < -0.3 is 48.4 Å². The van der Waals surface area contributed by atoms with Gasteiger partial charge >= 0.3 is 0 Å². The van der Waals surface area contributed by atoms with E-state index in [1.165, 1.54) is 12.1 Å². The third kappa shape index (κ3) is 5.54. The second-order valence-electron chi connectivity index (χ2n) is 9.85. The number of aromatic nitrogens is 1. The Morgan fingerprint density at radius 2 is 1.43 bits per heavy atom. The van der Waals surface area contributed by atoms with Gasteiger partial charge in [-0.3, -0.25) is 0 Å². The maximum Gasteiger partial charge on any atom is 0.213 e. The Morgan fingerprint density at radius 3 is 2.05 bits per heavy atom. The Labute approximate surface area is 262 Å². The maximum absolute atomic E-state index is 13.6. The number of hydrogen-bond acceptors (Lipinski definition) is 5. The van der Waals surface area contributed by atoms with E-state index in [9.17, 15) is 14.6 Å². The first-order valence-electron chi connectivity index (χ1n) is 13.2. The van der Waals surface area contributed by atoms with Crippen molar-refractivity contribution in [1.29, 1.82) is 0 Å². The molecule has 6 nitrogen and oxygen atoms in total. The van der Waals surface area contributed by atoms with Crippen LogP contribution in [0.1, 0.15) is 16.8 Å². The maximum atomic E-state index is 13.6. The zero-order valence-corrected chi connectivity index (χ0v) is 26.3. The summed E-state index contributed by atoms with van der Waals surface area (Å²) < 4.78 is 33.0. The molecule has 0 atom stereocenters. The molecule has 1 heterocycles. The minimum absolute atomic E-state index is 0. The molecule has 1 aromatic heterocycles. The van der Waals surface area contributed by atoms with Crippen molar-refractivity contribution in [3.05, 3.63) is 95.4 Å². The molecule has 218 valence electrons. The molecule has 0 amide bonds. The molecule has 0 aliphatic carbocycles. The third-order valence-corrected chi connectivity index (χ3v) is 7.68. The summed E-state index contributed by atoms with van der Waals surface area (Å²) in [5.74, 6) is 1.46. The molecule has 0 saturated heterocycles. The zero-order valence-electron chi connectivity index (χ0n) is 24.2. The zero-order chi connectivity index (χ0) is 29.3. The van der Waals surface area contributed by atoms with Crippen LogP contribution in [0.4, 0.5) is 4.39 Å². The summed E-state index contributed by atoms with van der Waals surface area (Å²) in [6.45, 7) is 1.54. The fourth-order valence-corrected chi connectivity index (χ4v) is 5.51. The molecule has 0 aliphatic heterocycles. The molecule has 5 aromatic rings. The van der Waals surface area contributed by atoms with Gasteiger partial charge in [-0.25, -0.2) is 4.39 Å². The molecule has 0 saturated carbocycles. The number of benzene rings is 4. The topological polar surface area (TPSA) is 72.0 Å². The molecule has 2 N–H and O–H groups in total. The normalized spacial score (nSPS) is 10.9. The van der Waals surface area contributed by atoms with Gasteiger partial charge in [0.25, 0.3) is 0 Å². The lowest BCUT2D eigenvalue weighted by Gasteiger charge is -2.18. The highest BCUT2D eigenvalue weighted by molar-refractivity contribution is 5.94. The molecule has 8 heteroatoms. The molecule has 4 aromatic carbocycles. The van der Waals surface area contributed by atoms with Crippen LogP contribution < -0.4 is 42.8 Å². The molecule has 0 radical (unpaired) electrons. The van der Waals surface area contributed by atoms with Gasteiger partial charge in [-0.2, -0.15) is 4.57 Å². The summed E-state index contributed by atoms with van der Waals surface area (Å²) in [7, 11) is 6.78. The molecule has 0 fully saturated rings. The van der Waals surface area contributed by atoms with Gasteiger partial charge in [0.05, 0.1) is 45.5 Å². The van der Waals surface area contributed by atoms with Gasteiger partial charge in [-0.05, 0) is 64.0 Å². The fraction of sp³-hybridized carbons (Fsp3) is 0.206. The quantitative estimate of drug-likeness (QED) is 0.195. The Hall–Kier alpha value is -3.73. The number of aliphatic hydroxyl groups excluding tert-OH is 2. The van der Waals surface area contributed by atoms with Crippen LogP contribution >= 0.6 is 0 Å². The van der Waals surface area contributed by atoms with Gasteiger partial charge in [0.1, 0.15) is 18.6 Å². The van der Waals surface area contributed by atoms with Gasteiger partial charge in [0, 0.05) is 24.1 Å². The van der Waals surface area contributed by atoms with E-state index in [0.717, 1.165) is 50.0 Å². The van der Waals surface area contributed by atoms with Crippen molar-refractivity contribution in [2.24, 2.45) is 7.05 Å². The number of pyridine rings is 1. The standard InChI is InChI=1S/C34H33FNO5.HI/c1-20-32-25(14-26(18-37)29(19-38)34(32)41-5)16-30(36(20)2)24-15-28(33(40-4)31(17-24)39-3)23-8-6-7-22(13-23)21-9-11-27(35)12-10-21;/h6-17,37-38H,18-19H2,1-5H3;1H/q+1;/p-1. The highest BCUT2D eigenvalue weighted by atomic mass is 127. The van der Waals surface area contributed by atoms with E-state index in [0.29, 0.717) is 28.4 Å². The van der Waals surface area contributed by atoms with E-state index < -0.39 is 0 Å². The summed E-state index contributed by atoms with van der Waals surface area (Å²) in [4.78, 5) is 0. The van der Waals surface area contributed by atoms with Crippen LogP contribution in [-0.4, -0.2) is 31.5 Å². The van der Waals surface area contributed by atoms with Crippen molar-refractivity contribution < 1.29 is 57.4 Å². The van der Waals surface area contributed by atoms with E-state index in [-0.39, 0.29) is 43.0 Å². The Balaban J connectivity index is 0.00000405. The van der Waals surface area contributed by atoms with E-state index in [2.05, 4.69) is 16.7 Å². The molecule has 5 rings (SSSR count). The fourth-order valence-electron chi connectivity index (χ4n) is 5.51. The monoisotopic (exact) mass is 681 g/mol. The highest BCUT2D eigenvalue weighted by Gasteiger charge is 2.25. The van der Waals surface area contributed by atoms with Crippen LogP contribution in [0, 0.1) is 12.7 Å². The number of nitrogens with zero attached hydrogens (tertiary/aromatic N) is 1. The average Bonchev–Trinajstić information content (AvgIpc) is 3.01. The summed E-state index contributed by atoms with van der Waals surface area (Å²) in [6.07, 6.45) is 0. The average molecular weight is 682 g/mol. The molecular weight excluding hydrogens is 648 g/mol. The summed E-state index contributed by atoms with van der Waals surface area (Å²) in [6, 6.07) is 22.4. The smallest absolute Gasteiger partial charge is 0.213 e. The highest BCUT2D eigenvalue weighted by Crippen LogP contribution is 2.43. The molecule has 0 spiro atoms. The number of aliphatic hydroxyl groups is 2. The van der Waals surface area contributed by atoms with Gasteiger partial charge in [0.2, 0.25) is 5.69 Å². The molecule has 0 aliphatic rings. The first-order valence-corrected chi connectivity index (χ1v) is 13.2. The second kappa shape index (κ2) is 13.1. The lowest BCUT2D eigenvalue weighted by Crippen LogP contribution is -3.00. The van der Waals surface area contributed by atoms with E-state index in [4.69, 9.17) is 14.2 Å². The lowest BCUT2D eigenvalue weighted by molar-refractivity contribution is -0.665. The van der Waals surface area contributed by atoms with Crippen molar-refractivity contribution in [3.63, 3.8) is 0 Å². The minimum atomic E-state index is -0.279. The van der Waals surface area contributed by atoms with Crippen LogP contribution in [-0.2, 0) is 20.3 Å². The predicted octanol–water partition coefficient (Wildman–Crippen LogP) is 3.13. The second-order valence-corrected chi connectivity index (χ2v) is 9.85. The number of ether oxygens (including phenoxy) is 3. The first-order chi connectivity index (χ1) is 19.8. The number of halogens is 2. The summed E-state index contributed by atoms with van der Waals surface area (Å²) in [5.41, 5.74) is 7.54. The first kappa shape index (κ1) is 31.2. The third-order valence-electron chi connectivity index (χ3n) is 7.68. The number of fused-ring (bicyclic) bond motifs is 1. The predicted molar refractivity (Wildman–Crippen MR) is 158 cm³/mol. The van der Waals surface area contributed by atoms with Crippen molar-refractivity contribution in [2.45, 2.75) is 20.1 Å². The van der Waals surface area contributed by atoms with Crippen molar-refractivity contribution in [2.75, 3.05) is 21.3 Å². The Kier molecular flexibility index (Phi) is 9.71. The number of aryl methyl sites for hydroxylation is 1. The molecule has 42 heavy (non-hydrogen) atoms. The van der Waals surface area contributed by atoms with Crippen LogP contribution in [0.5, 0.6) is 17.2 Å². The molecular formula is C34H33FINO5. The molecule has 0 unspecified atom stereocenters. The Morgan fingerprint density at radius 1 is 0.738 bits per heavy atom. The Bertz CT molecular complexity index is 1750. The van der Waals surface area contributed by atoms with Crippen LogP contribution in [0.2, 0.25) is 0 Å². The van der Waals surface area contributed by atoms with Gasteiger partial charge in [0.15, 0.2) is 17.2 Å². The van der Waals surface area contributed by atoms with Crippen molar-refractivity contribution in [1.82, 2.24) is 0 Å². The summed E-state index contributed by atoms with van der Waals surface area (Å²) >= 11 is 0. The van der Waals surface area contributed by atoms with Crippen molar-refractivity contribution >= 4 is 10.8 Å². The van der Waals surface area contributed by atoms with Crippen LogP contribution in [0.3, 0.4) is 0 Å². The SMILES string of the molecule is COc1cc(-c2cc3cc(CO)c(CO)c(OC)c3c(C)[n+]2C)cc(-c2cccc(-c3ccc(F)cc3)c2)c1OC.[I-].